The molecule has 19 heavy (non-hydrogen) atoms. The first-order valence-corrected chi connectivity index (χ1v) is 7.25. The van der Waals surface area contributed by atoms with Crippen molar-refractivity contribution >= 4 is 15.7 Å². The molecule has 0 saturated heterocycles. The number of aryl methyl sites for hydroxylation is 1. The van der Waals surface area contributed by atoms with Crippen molar-refractivity contribution in [3.05, 3.63) is 36.7 Å². The lowest BCUT2D eigenvalue weighted by Gasteiger charge is -2.06. The molecule has 0 amide bonds. The molecule has 2 rings (SSSR count). The molecule has 0 spiro atoms. The van der Waals surface area contributed by atoms with Gasteiger partial charge in [0.05, 0.1) is 11.1 Å². The number of rotatable bonds is 6. The van der Waals surface area contributed by atoms with E-state index < -0.39 is 10.0 Å². The lowest BCUT2D eigenvalue weighted by molar-refractivity contribution is 0.542. The van der Waals surface area contributed by atoms with Crippen LogP contribution in [0, 0.1) is 0 Å². The van der Waals surface area contributed by atoms with Crippen LogP contribution < -0.4 is 10.5 Å². The van der Waals surface area contributed by atoms with Crippen molar-refractivity contribution in [1.82, 2.24) is 19.7 Å². The van der Waals surface area contributed by atoms with Gasteiger partial charge < -0.3 is 5.73 Å². The van der Waals surface area contributed by atoms with Gasteiger partial charge in [0.25, 0.3) is 0 Å². The predicted molar refractivity (Wildman–Crippen MR) is 70.7 cm³/mol. The van der Waals surface area contributed by atoms with Crippen LogP contribution in [0.25, 0.3) is 0 Å². The van der Waals surface area contributed by atoms with Gasteiger partial charge in [0.15, 0.2) is 0 Å². The van der Waals surface area contributed by atoms with Crippen LogP contribution >= 0.6 is 0 Å². The summed E-state index contributed by atoms with van der Waals surface area (Å²) in [6, 6.07) is 6.08. The van der Waals surface area contributed by atoms with Crippen LogP contribution in [0.3, 0.4) is 0 Å². The van der Waals surface area contributed by atoms with E-state index in [0.717, 1.165) is 0 Å². The van der Waals surface area contributed by atoms with Crippen LogP contribution in [0.4, 0.5) is 5.69 Å². The van der Waals surface area contributed by atoms with Gasteiger partial charge >= 0.3 is 0 Å². The lowest BCUT2D eigenvalue weighted by Crippen LogP contribution is -2.25. The normalized spacial score (nSPS) is 11.6. The van der Waals surface area contributed by atoms with Crippen molar-refractivity contribution in [2.45, 2.75) is 17.9 Å². The first kappa shape index (κ1) is 13.5. The van der Waals surface area contributed by atoms with Gasteiger partial charge in [-0.1, -0.05) is 5.21 Å². The Hall–Kier alpha value is -1.93. The number of aromatic nitrogens is 3. The summed E-state index contributed by atoms with van der Waals surface area (Å²) in [6.07, 6.45) is 3.95. The summed E-state index contributed by atoms with van der Waals surface area (Å²) in [6.45, 7) is 0.955. The molecule has 2 aromatic rings. The van der Waals surface area contributed by atoms with Crippen molar-refractivity contribution < 1.29 is 8.42 Å². The van der Waals surface area contributed by atoms with Gasteiger partial charge in [-0.05, 0) is 30.7 Å². The Balaban J connectivity index is 1.86. The van der Waals surface area contributed by atoms with Gasteiger partial charge in [0.1, 0.15) is 0 Å². The maximum atomic E-state index is 11.9. The third kappa shape index (κ3) is 3.76. The highest BCUT2D eigenvalue weighted by atomic mass is 32.2. The highest BCUT2D eigenvalue weighted by molar-refractivity contribution is 7.89. The number of anilines is 1. The Labute approximate surface area is 111 Å². The van der Waals surface area contributed by atoms with Crippen LogP contribution in [0.5, 0.6) is 0 Å². The number of nitrogens with one attached hydrogen (secondary N) is 1. The number of benzene rings is 1. The Morgan fingerprint density at radius 2 is 2.00 bits per heavy atom. The molecular formula is C11H15N5O2S. The molecule has 3 N–H and O–H groups in total. The zero-order valence-electron chi connectivity index (χ0n) is 10.2. The molecule has 1 aromatic heterocycles. The number of hydrogen-bond donors (Lipinski definition) is 2. The average molecular weight is 281 g/mol. The number of hydrogen-bond acceptors (Lipinski definition) is 5. The van der Waals surface area contributed by atoms with Crippen LogP contribution in [-0.4, -0.2) is 30.0 Å². The second-order valence-corrected chi connectivity index (χ2v) is 5.75. The lowest BCUT2D eigenvalue weighted by atomic mass is 10.3. The molecule has 8 heteroatoms. The smallest absolute Gasteiger partial charge is 0.240 e. The fourth-order valence-electron chi connectivity index (χ4n) is 1.53. The fraction of sp³-hybridized carbons (Fsp3) is 0.273. The molecule has 102 valence electrons. The van der Waals surface area contributed by atoms with Crippen molar-refractivity contribution in [3.63, 3.8) is 0 Å². The molecule has 0 atom stereocenters. The largest absolute Gasteiger partial charge is 0.399 e. The topological polar surface area (TPSA) is 103 Å². The van der Waals surface area contributed by atoms with E-state index in [1.807, 2.05) is 0 Å². The number of nitrogens with two attached hydrogens (primary N) is 1. The van der Waals surface area contributed by atoms with Crippen molar-refractivity contribution in [2.24, 2.45) is 0 Å². The summed E-state index contributed by atoms with van der Waals surface area (Å²) in [4.78, 5) is 0.211. The minimum atomic E-state index is -3.47. The van der Waals surface area contributed by atoms with E-state index >= 15 is 0 Å². The van der Waals surface area contributed by atoms with E-state index in [9.17, 15) is 8.42 Å². The summed E-state index contributed by atoms with van der Waals surface area (Å²) >= 11 is 0. The molecule has 1 heterocycles. The monoisotopic (exact) mass is 281 g/mol. The first-order chi connectivity index (χ1) is 9.08. The molecule has 7 nitrogen and oxygen atoms in total. The van der Waals surface area contributed by atoms with Crippen LogP contribution in [-0.2, 0) is 16.6 Å². The molecule has 0 saturated carbocycles. The van der Waals surface area contributed by atoms with Crippen molar-refractivity contribution in [3.8, 4) is 0 Å². The van der Waals surface area contributed by atoms with E-state index in [1.54, 1.807) is 29.2 Å². The third-order valence-corrected chi connectivity index (χ3v) is 4.00. The van der Waals surface area contributed by atoms with Crippen LogP contribution in [0.2, 0.25) is 0 Å². The number of nitrogen functional groups attached to an aromatic ring is 1. The van der Waals surface area contributed by atoms with Crippen molar-refractivity contribution in [2.75, 3.05) is 12.3 Å². The minimum absolute atomic E-state index is 0.211. The van der Waals surface area contributed by atoms with Crippen molar-refractivity contribution in [1.29, 1.82) is 0 Å². The second kappa shape index (κ2) is 5.81. The van der Waals surface area contributed by atoms with E-state index in [4.69, 9.17) is 5.73 Å². The predicted octanol–water partition coefficient (Wildman–Crippen LogP) is 0.229. The highest BCUT2D eigenvalue weighted by Crippen LogP contribution is 2.11. The average Bonchev–Trinajstić information content (AvgIpc) is 2.88. The number of sulfonamides is 1. The Morgan fingerprint density at radius 3 is 2.63 bits per heavy atom. The van der Waals surface area contributed by atoms with Gasteiger partial charge in [-0.2, -0.15) is 0 Å². The maximum Gasteiger partial charge on any atom is 0.240 e. The summed E-state index contributed by atoms with van der Waals surface area (Å²) in [5.74, 6) is 0. The molecule has 0 radical (unpaired) electrons. The van der Waals surface area contributed by atoms with Crippen LogP contribution in [0.1, 0.15) is 6.42 Å². The Kier molecular flexibility index (Phi) is 4.13. The second-order valence-electron chi connectivity index (χ2n) is 3.99. The molecule has 0 aliphatic rings. The van der Waals surface area contributed by atoms with Gasteiger partial charge in [-0.3, -0.25) is 4.68 Å². The first-order valence-electron chi connectivity index (χ1n) is 5.77. The zero-order valence-corrected chi connectivity index (χ0v) is 11.0. The standard InChI is InChI=1S/C11H15N5O2S/c12-10-2-4-11(5-3-10)19(17,18)14-6-1-8-16-9-7-13-15-16/h2-5,7,9,14H,1,6,8,12H2. The van der Waals surface area contributed by atoms with E-state index in [2.05, 4.69) is 15.0 Å². The van der Waals surface area contributed by atoms with Crippen LogP contribution in [0.15, 0.2) is 41.6 Å². The molecule has 0 bridgehead atoms. The summed E-state index contributed by atoms with van der Waals surface area (Å²) < 4.78 is 28.0. The minimum Gasteiger partial charge on any atom is -0.399 e. The van der Waals surface area contributed by atoms with E-state index in [-0.39, 0.29) is 4.90 Å². The summed E-state index contributed by atoms with van der Waals surface area (Å²) in [7, 11) is -3.47. The molecule has 1 aromatic carbocycles. The molecule has 0 aliphatic heterocycles. The maximum absolute atomic E-state index is 11.9. The van der Waals surface area contributed by atoms with Gasteiger partial charge in [-0.15, -0.1) is 5.10 Å². The third-order valence-electron chi connectivity index (χ3n) is 2.52. The molecular weight excluding hydrogens is 266 g/mol. The Bertz CT molecular complexity index is 607. The van der Waals surface area contributed by atoms with Gasteiger partial charge in [0.2, 0.25) is 10.0 Å². The molecule has 0 fully saturated rings. The SMILES string of the molecule is Nc1ccc(S(=O)(=O)NCCCn2ccnn2)cc1. The molecule has 0 unspecified atom stereocenters. The summed E-state index contributed by atoms with van der Waals surface area (Å²) in [5, 5.41) is 7.46. The number of nitrogens with zero attached hydrogens (tertiary/aromatic N) is 3. The van der Waals surface area contributed by atoms with Gasteiger partial charge in [0, 0.05) is 25.0 Å². The quantitative estimate of drug-likeness (QED) is 0.583. The van der Waals surface area contributed by atoms with Gasteiger partial charge in [-0.25, -0.2) is 13.1 Å². The van der Waals surface area contributed by atoms with E-state index in [0.29, 0.717) is 25.2 Å². The highest BCUT2D eigenvalue weighted by Gasteiger charge is 2.12. The van der Waals surface area contributed by atoms with E-state index in [1.165, 1.54) is 12.1 Å². The Morgan fingerprint density at radius 1 is 1.26 bits per heavy atom. The summed E-state index contributed by atoms with van der Waals surface area (Å²) in [5.41, 5.74) is 6.05. The zero-order chi connectivity index (χ0) is 13.7. The fourth-order valence-corrected chi connectivity index (χ4v) is 2.60. The molecule has 0 aliphatic carbocycles.